The number of methoxy groups -OCH3 is 1. The molecule has 2 rings (SSSR count). The lowest BCUT2D eigenvalue weighted by Gasteiger charge is -2.14. The number of benzene rings is 2. The Morgan fingerprint density at radius 1 is 1.04 bits per heavy atom. The molecule has 0 saturated carbocycles. The molecule has 0 radical (unpaired) electrons. The van der Waals surface area contributed by atoms with Crippen LogP contribution in [0.25, 0.3) is 0 Å². The van der Waals surface area contributed by atoms with Gasteiger partial charge in [-0.3, -0.25) is 0 Å². The van der Waals surface area contributed by atoms with Crippen molar-refractivity contribution < 1.29 is 14.6 Å². The van der Waals surface area contributed by atoms with Crippen molar-refractivity contribution in [3.05, 3.63) is 59.7 Å². The molecule has 4 nitrogen and oxygen atoms in total. The van der Waals surface area contributed by atoms with Crippen molar-refractivity contribution in [2.75, 3.05) is 13.7 Å². The fourth-order valence-electron chi connectivity index (χ4n) is 2.65. The number of hydrogen-bond donors (Lipinski definition) is 1. The minimum absolute atomic E-state index is 0.0608. The zero-order chi connectivity index (χ0) is 17.9. The standard InChI is InChI=1S/C21H25NO3/c1-24-20-12-11-18(19(23)13-14-22)16-21(20)25-15-7-3-6-10-17-8-4-2-5-9-17/h2,4-5,8-9,11-12,16,19,23H,3,6-7,10,13,15H2,1H3. The molecule has 0 aliphatic carbocycles. The molecule has 25 heavy (non-hydrogen) atoms. The maximum Gasteiger partial charge on any atom is 0.161 e. The first-order valence-corrected chi connectivity index (χ1v) is 8.64. The van der Waals surface area contributed by atoms with Crippen molar-refractivity contribution in [3.8, 4) is 17.6 Å². The topological polar surface area (TPSA) is 62.5 Å². The summed E-state index contributed by atoms with van der Waals surface area (Å²) in [7, 11) is 1.59. The average Bonchev–Trinajstić information content (AvgIpc) is 2.65. The van der Waals surface area contributed by atoms with Crippen LogP contribution in [0, 0.1) is 11.3 Å². The Morgan fingerprint density at radius 3 is 2.56 bits per heavy atom. The van der Waals surface area contributed by atoms with Crippen LogP contribution in [-0.2, 0) is 6.42 Å². The van der Waals surface area contributed by atoms with Gasteiger partial charge in [0.05, 0.1) is 32.3 Å². The predicted octanol–water partition coefficient (Wildman–Crippen LogP) is 4.43. The molecule has 132 valence electrons. The number of ether oxygens (including phenoxy) is 2. The predicted molar refractivity (Wildman–Crippen MR) is 97.7 cm³/mol. The normalized spacial score (nSPS) is 11.6. The zero-order valence-electron chi connectivity index (χ0n) is 14.6. The van der Waals surface area contributed by atoms with E-state index in [1.807, 2.05) is 12.1 Å². The first-order valence-electron chi connectivity index (χ1n) is 8.64. The van der Waals surface area contributed by atoms with Gasteiger partial charge in [-0.25, -0.2) is 0 Å². The van der Waals surface area contributed by atoms with Crippen molar-refractivity contribution in [1.82, 2.24) is 0 Å². The van der Waals surface area contributed by atoms with Gasteiger partial charge in [0.1, 0.15) is 0 Å². The number of aryl methyl sites for hydroxylation is 1. The number of hydrogen-bond acceptors (Lipinski definition) is 4. The molecule has 1 atom stereocenters. The summed E-state index contributed by atoms with van der Waals surface area (Å²) in [6.45, 7) is 0.600. The van der Waals surface area contributed by atoms with Crippen molar-refractivity contribution in [1.29, 1.82) is 5.26 Å². The second kappa shape index (κ2) is 10.4. The van der Waals surface area contributed by atoms with Crippen LogP contribution in [-0.4, -0.2) is 18.8 Å². The first-order chi connectivity index (χ1) is 12.2. The molecule has 1 N–H and O–H groups in total. The average molecular weight is 339 g/mol. The van der Waals surface area contributed by atoms with E-state index < -0.39 is 6.10 Å². The molecule has 0 aromatic heterocycles. The molecule has 2 aromatic rings. The quantitative estimate of drug-likeness (QED) is 0.650. The molecule has 1 unspecified atom stereocenters. The van der Waals surface area contributed by atoms with Gasteiger partial charge in [-0.2, -0.15) is 5.26 Å². The van der Waals surface area contributed by atoms with Gasteiger partial charge in [0, 0.05) is 0 Å². The summed E-state index contributed by atoms with van der Waals surface area (Å²) >= 11 is 0. The molecule has 0 amide bonds. The van der Waals surface area contributed by atoms with E-state index in [-0.39, 0.29) is 6.42 Å². The SMILES string of the molecule is COc1ccc(C(O)CC#N)cc1OCCCCCc1ccccc1. The Balaban J connectivity index is 1.79. The third-order valence-electron chi connectivity index (χ3n) is 4.07. The molecule has 0 aliphatic heterocycles. The summed E-state index contributed by atoms with van der Waals surface area (Å²) in [6, 6.07) is 17.7. The summed E-state index contributed by atoms with van der Waals surface area (Å²) in [5.41, 5.74) is 2.03. The van der Waals surface area contributed by atoms with Crippen LogP contribution in [0.3, 0.4) is 0 Å². The van der Waals surface area contributed by atoms with E-state index in [0.717, 1.165) is 25.7 Å². The number of rotatable bonds is 10. The van der Waals surface area contributed by atoms with Crippen LogP contribution < -0.4 is 9.47 Å². The molecule has 0 saturated heterocycles. The lowest BCUT2D eigenvalue weighted by Crippen LogP contribution is -2.02. The fourth-order valence-corrected chi connectivity index (χ4v) is 2.65. The summed E-state index contributed by atoms with van der Waals surface area (Å²) in [4.78, 5) is 0. The van der Waals surface area contributed by atoms with E-state index in [4.69, 9.17) is 14.7 Å². The maximum absolute atomic E-state index is 9.94. The number of aliphatic hydroxyl groups excluding tert-OH is 1. The number of nitriles is 1. The van der Waals surface area contributed by atoms with Gasteiger partial charge in [0.15, 0.2) is 11.5 Å². The van der Waals surface area contributed by atoms with Gasteiger partial charge < -0.3 is 14.6 Å². The van der Waals surface area contributed by atoms with E-state index in [1.165, 1.54) is 5.56 Å². The smallest absolute Gasteiger partial charge is 0.161 e. The number of aliphatic hydroxyl groups is 1. The van der Waals surface area contributed by atoms with Crippen molar-refractivity contribution >= 4 is 0 Å². The van der Waals surface area contributed by atoms with Gasteiger partial charge in [-0.15, -0.1) is 0 Å². The third kappa shape index (κ3) is 6.13. The van der Waals surface area contributed by atoms with Crippen molar-refractivity contribution in [2.24, 2.45) is 0 Å². The summed E-state index contributed by atoms with van der Waals surface area (Å²) in [5.74, 6) is 1.25. The summed E-state index contributed by atoms with van der Waals surface area (Å²) in [6.07, 6.45) is 3.52. The van der Waals surface area contributed by atoms with Crippen LogP contribution in [0.4, 0.5) is 0 Å². The highest BCUT2D eigenvalue weighted by atomic mass is 16.5. The van der Waals surface area contributed by atoms with E-state index in [0.29, 0.717) is 23.7 Å². The van der Waals surface area contributed by atoms with Gasteiger partial charge in [0.2, 0.25) is 0 Å². The Labute approximate surface area is 149 Å². The minimum atomic E-state index is -0.802. The van der Waals surface area contributed by atoms with Crippen molar-refractivity contribution in [2.45, 2.75) is 38.2 Å². The highest BCUT2D eigenvalue weighted by molar-refractivity contribution is 5.43. The third-order valence-corrected chi connectivity index (χ3v) is 4.07. The molecular weight excluding hydrogens is 314 g/mol. The van der Waals surface area contributed by atoms with Gasteiger partial charge >= 0.3 is 0 Å². The molecule has 2 aromatic carbocycles. The van der Waals surface area contributed by atoms with E-state index in [2.05, 4.69) is 24.3 Å². The summed E-state index contributed by atoms with van der Waals surface area (Å²) in [5, 5.41) is 18.6. The first kappa shape index (κ1) is 18.8. The second-order valence-electron chi connectivity index (χ2n) is 5.93. The lowest BCUT2D eigenvalue weighted by atomic mass is 10.1. The van der Waals surface area contributed by atoms with Crippen LogP contribution >= 0.6 is 0 Å². The highest BCUT2D eigenvalue weighted by Crippen LogP contribution is 2.31. The van der Waals surface area contributed by atoms with Crippen LogP contribution in [0.5, 0.6) is 11.5 Å². The fraction of sp³-hybridized carbons (Fsp3) is 0.381. The van der Waals surface area contributed by atoms with E-state index in [9.17, 15) is 5.11 Å². The number of nitrogens with zero attached hydrogens (tertiary/aromatic N) is 1. The highest BCUT2D eigenvalue weighted by Gasteiger charge is 2.12. The minimum Gasteiger partial charge on any atom is -0.493 e. The van der Waals surface area contributed by atoms with E-state index >= 15 is 0 Å². The largest absolute Gasteiger partial charge is 0.493 e. The molecule has 0 fully saturated rings. The Morgan fingerprint density at radius 2 is 1.84 bits per heavy atom. The van der Waals surface area contributed by atoms with Gasteiger partial charge in [0.25, 0.3) is 0 Å². The van der Waals surface area contributed by atoms with Crippen LogP contribution in [0.1, 0.15) is 42.9 Å². The van der Waals surface area contributed by atoms with Crippen LogP contribution in [0.15, 0.2) is 48.5 Å². The molecule has 0 aliphatic rings. The Hall–Kier alpha value is -2.51. The number of unbranched alkanes of at least 4 members (excludes halogenated alkanes) is 2. The molecule has 4 heteroatoms. The van der Waals surface area contributed by atoms with Gasteiger partial charge in [-0.05, 0) is 48.9 Å². The van der Waals surface area contributed by atoms with Crippen LogP contribution in [0.2, 0.25) is 0 Å². The zero-order valence-corrected chi connectivity index (χ0v) is 14.6. The van der Waals surface area contributed by atoms with E-state index in [1.54, 1.807) is 25.3 Å². The molecular formula is C21H25NO3. The van der Waals surface area contributed by atoms with Crippen molar-refractivity contribution in [3.63, 3.8) is 0 Å². The maximum atomic E-state index is 9.94. The lowest BCUT2D eigenvalue weighted by molar-refractivity contribution is 0.182. The van der Waals surface area contributed by atoms with Gasteiger partial charge in [-0.1, -0.05) is 36.4 Å². The Kier molecular flexibility index (Phi) is 7.81. The molecule has 0 bridgehead atoms. The molecule has 0 heterocycles. The Bertz CT molecular complexity index is 679. The molecule has 0 spiro atoms. The summed E-state index contributed by atoms with van der Waals surface area (Å²) < 4.78 is 11.1. The second-order valence-corrected chi connectivity index (χ2v) is 5.93. The monoisotopic (exact) mass is 339 g/mol.